The summed E-state index contributed by atoms with van der Waals surface area (Å²) in [6.07, 6.45) is 0. The lowest BCUT2D eigenvalue weighted by atomic mass is 10.1. The Morgan fingerprint density at radius 3 is 2.38 bits per heavy atom. The average Bonchev–Trinajstić information content (AvgIpc) is 2.60. The van der Waals surface area contributed by atoms with E-state index in [2.05, 4.69) is 0 Å². The van der Waals surface area contributed by atoms with Crippen molar-refractivity contribution >= 4 is 28.5 Å². The maximum absolute atomic E-state index is 12.1. The van der Waals surface area contributed by atoms with E-state index >= 15 is 0 Å². The van der Waals surface area contributed by atoms with Gasteiger partial charge in [-0.15, -0.1) is 0 Å². The van der Waals surface area contributed by atoms with Crippen LogP contribution in [-0.2, 0) is 0 Å². The fourth-order valence-corrected chi connectivity index (χ4v) is 2.21. The molecular formula is C17H10N2O7. The smallest absolute Gasteiger partial charge is 0.349 e. The molecule has 1 heterocycles. The van der Waals surface area contributed by atoms with Crippen LogP contribution in [0.4, 0.5) is 5.69 Å². The Morgan fingerprint density at radius 2 is 1.77 bits per heavy atom. The molecule has 1 aromatic heterocycles. The van der Waals surface area contributed by atoms with Crippen LogP contribution in [0.2, 0.25) is 0 Å². The maximum Gasteiger partial charge on any atom is 0.349 e. The number of ether oxygens (including phenoxy) is 1. The van der Waals surface area contributed by atoms with Gasteiger partial charge in [0.15, 0.2) is 0 Å². The van der Waals surface area contributed by atoms with E-state index < -0.39 is 22.4 Å². The van der Waals surface area contributed by atoms with Crippen molar-refractivity contribution in [3.63, 3.8) is 0 Å². The summed E-state index contributed by atoms with van der Waals surface area (Å²) in [5.41, 5.74) is 3.97. The molecule has 9 nitrogen and oxygen atoms in total. The number of esters is 1. The number of fused-ring (bicyclic) bond motifs is 1. The molecule has 1 amide bonds. The van der Waals surface area contributed by atoms with Gasteiger partial charge in [0.25, 0.3) is 11.6 Å². The van der Waals surface area contributed by atoms with Crippen molar-refractivity contribution in [2.24, 2.45) is 5.73 Å². The van der Waals surface area contributed by atoms with Gasteiger partial charge in [-0.05, 0) is 30.3 Å². The number of nitro groups is 1. The van der Waals surface area contributed by atoms with E-state index in [1.165, 1.54) is 48.5 Å². The largest absolute Gasteiger partial charge is 0.423 e. The monoisotopic (exact) mass is 354 g/mol. The van der Waals surface area contributed by atoms with Gasteiger partial charge in [0, 0.05) is 23.6 Å². The molecule has 0 fully saturated rings. The van der Waals surface area contributed by atoms with Crippen LogP contribution in [0, 0.1) is 10.1 Å². The van der Waals surface area contributed by atoms with Crippen molar-refractivity contribution in [3.05, 3.63) is 80.2 Å². The number of hydrogen-bond acceptors (Lipinski definition) is 7. The molecule has 0 unspecified atom stereocenters. The summed E-state index contributed by atoms with van der Waals surface area (Å²) in [4.78, 5) is 45.0. The van der Waals surface area contributed by atoms with Crippen LogP contribution in [0.15, 0.2) is 57.7 Å². The average molecular weight is 354 g/mol. The van der Waals surface area contributed by atoms with E-state index in [0.29, 0.717) is 5.39 Å². The van der Waals surface area contributed by atoms with Gasteiger partial charge in [0.05, 0.1) is 10.5 Å². The Bertz CT molecular complexity index is 1100. The highest BCUT2D eigenvalue weighted by atomic mass is 16.6. The minimum Gasteiger partial charge on any atom is -0.423 e. The summed E-state index contributed by atoms with van der Waals surface area (Å²) in [5, 5.41) is 11.0. The molecule has 3 rings (SSSR count). The summed E-state index contributed by atoms with van der Waals surface area (Å²) >= 11 is 0. The van der Waals surface area contributed by atoms with Crippen molar-refractivity contribution in [3.8, 4) is 5.75 Å². The van der Waals surface area contributed by atoms with Gasteiger partial charge >= 0.3 is 11.6 Å². The molecule has 0 aliphatic heterocycles. The van der Waals surface area contributed by atoms with Crippen molar-refractivity contribution in [1.29, 1.82) is 0 Å². The number of rotatable bonds is 4. The first-order valence-corrected chi connectivity index (χ1v) is 7.19. The molecule has 0 radical (unpaired) electrons. The van der Waals surface area contributed by atoms with Crippen molar-refractivity contribution in [2.45, 2.75) is 0 Å². The Hall–Kier alpha value is -4.01. The fraction of sp³-hybridized carbons (Fsp3) is 0. The standard InChI is InChI=1S/C17H10N2O7/c18-15(20)13-7-10-3-6-12(8-14(10)26-17(13)22)25-16(21)9-1-4-11(5-2-9)19(23)24/h1-8H,(H2,18,20). The Labute approximate surface area is 144 Å². The number of nitro benzene ring substituents is 1. The zero-order chi connectivity index (χ0) is 18.8. The maximum atomic E-state index is 12.1. The number of primary amides is 1. The van der Waals surface area contributed by atoms with Gasteiger partial charge in [-0.25, -0.2) is 9.59 Å². The van der Waals surface area contributed by atoms with E-state index in [1.807, 2.05) is 0 Å². The normalized spacial score (nSPS) is 10.5. The van der Waals surface area contributed by atoms with Crippen LogP contribution in [0.1, 0.15) is 20.7 Å². The Morgan fingerprint density at radius 1 is 1.08 bits per heavy atom. The minimum atomic E-state index is -0.908. The van der Waals surface area contributed by atoms with Gasteiger partial charge < -0.3 is 14.9 Å². The zero-order valence-corrected chi connectivity index (χ0v) is 13.0. The first-order chi connectivity index (χ1) is 12.3. The topological polar surface area (TPSA) is 143 Å². The molecule has 2 aromatic carbocycles. The zero-order valence-electron chi connectivity index (χ0n) is 13.0. The van der Waals surface area contributed by atoms with Crippen molar-refractivity contribution in [1.82, 2.24) is 0 Å². The van der Waals surface area contributed by atoms with Gasteiger partial charge in [0.1, 0.15) is 16.9 Å². The van der Waals surface area contributed by atoms with Gasteiger partial charge in [0.2, 0.25) is 0 Å². The summed E-state index contributed by atoms with van der Waals surface area (Å²) in [7, 11) is 0. The number of benzene rings is 2. The number of amides is 1. The van der Waals surface area contributed by atoms with Crippen LogP contribution >= 0.6 is 0 Å². The first-order valence-electron chi connectivity index (χ1n) is 7.19. The van der Waals surface area contributed by atoms with Crippen molar-refractivity contribution in [2.75, 3.05) is 0 Å². The molecule has 2 N–H and O–H groups in total. The highest BCUT2D eigenvalue weighted by molar-refractivity contribution is 5.96. The molecule has 0 saturated carbocycles. The molecule has 0 aliphatic rings. The SMILES string of the molecule is NC(=O)c1cc2ccc(OC(=O)c3ccc([N+](=O)[O-])cc3)cc2oc1=O. The van der Waals surface area contributed by atoms with E-state index in [0.717, 1.165) is 0 Å². The molecule has 3 aromatic rings. The second-order valence-corrected chi connectivity index (χ2v) is 5.20. The molecule has 0 spiro atoms. The quantitative estimate of drug-likeness (QED) is 0.248. The molecule has 9 heteroatoms. The highest BCUT2D eigenvalue weighted by Crippen LogP contribution is 2.22. The summed E-state index contributed by atoms with van der Waals surface area (Å²) < 4.78 is 10.2. The van der Waals surface area contributed by atoms with E-state index in [1.54, 1.807) is 0 Å². The van der Waals surface area contributed by atoms with E-state index in [9.17, 15) is 24.5 Å². The fourth-order valence-electron chi connectivity index (χ4n) is 2.21. The molecule has 0 aliphatic carbocycles. The molecule has 130 valence electrons. The lowest BCUT2D eigenvalue weighted by molar-refractivity contribution is -0.384. The summed E-state index contributed by atoms with van der Waals surface area (Å²) in [6, 6.07) is 10.4. The van der Waals surface area contributed by atoms with Crippen molar-refractivity contribution < 1.29 is 23.7 Å². The number of hydrogen-bond donors (Lipinski definition) is 1. The Kier molecular flexibility index (Phi) is 4.19. The van der Waals surface area contributed by atoms with Crippen LogP contribution in [0.25, 0.3) is 11.0 Å². The second-order valence-electron chi connectivity index (χ2n) is 5.20. The highest BCUT2D eigenvalue weighted by Gasteiger charge is 2.14. The predicted octanol–water partition coefficient (Wildman–Crippen LogP) is 2.02. The number of carbonyl (C=O) groups excluding carboxylic acids is 2. The van der Waals surface area contributed by atoms with Gasteiger partial charge in [-0.3, -0.25) is 14.9 Å². The van der Waals surface area contributed by atoms with Crippen LogP contribution in [0.3, 0.4) is 0 Å². The second kappa shape index (κ2) is 6.48. The van der Waals surface area contributed by atoms with E-state index in [4.69, 9.17) is 14.9 Å². The van der Waals surface area contributed by atoms with E-state index in [-0.39, 0.29) is 28.1 Å². The summed E-state index contributed by atoms with van der Waals surface area (Å²) in [5.74, 6) is -1.56. The molecule has 0 atom stereocenters. The van der Waals surface area contributed by atoms with Crippen LogP contribution in [0.5, 0.6) is 5.75 Å². The third-order valence-electron chi connectivity index (χ3n) is 3.50. The molecule has 0 saturated heterocycles. The Balaban J connectivity index is 1.87. The predicted molar refractivity (Wildman–Crippen MR) is 89.1 cm³/mol. The first kappa shape index (κ1) is 16.8. The van der Waals surface area contributed by atoms with Gasteiger partial charge in [-0.2, -0.15) is 0 Å². The molecular weight excluding hydrogens is 344 g/mol. The third-order valence-corrected chi connectivity index (χ3v) is 3.50. The lowest BCUT2D eigenvalue weighted by Crippen LogP contribution is -2.20. The van der Waals surface area contributed by atoms with Gasteiger partial charge in [-0.1, -0.05) is 0 Å². The minimum absolute atomic E-state index is 0.0934. The molecule has 0 bridgehead atoms. The number of carbonyl (C=O) groups is 2. The number of non-ortho nitro benzene ring substituents is 1. The van der Waals surface area contributed by atoms with Crippen LogP contribution in [-0.4, -0.2) is 16.8 Å². The summed E-state index contributed by atoms with van der Waals surface area (Å²) in [6.45, 7) is 0. The third kappa shape index (κ3) is 3.26. The lowest BCUT2D eigenvalue weighted by Gasteiger charge is -2.05. The number of nitrogens with zero attached hydrogens (tertiary/aromatic N) is 1. The molecule has 26 heavy (non-hydrogen) atoms. The number of nitrogens with two attached hydrogens (primary N) is 1. The van der Waals surface area contributed by atoms with Crippen LogP contribution < -0.4 is 16.1 Å².